The molecule has 0 aliphatic heterocycles. The van der Waals surface area contributed by atoms with Gasteiger partial charge >= 0.3 is 24.1 Å². The van der Waals surface area contributed by atoms with Crippen LogP contribution in [0.4, 0.5) is 21.0 Å². The van der Waals surface area contributed by atoms with Crippen molar-refractivity contribution in [2.24, 2.45) is 0 Å². The summed E-state index contributed by atoms with van der Waals surface area (Å²) in [5.74, 6) is -1.21. The van der Waals surface area contributed by atoms with Gasteiger partial charge in [0, 0.05) is 11.1 Å². The second kappa shape index (κ2) is 15.2. The van der Waals surface area contributed by atoms with Gasteiger partial charge in [-0.15, -0.1) is 0 Å². The van der Waals surface area contributed by atoms with E-state index in [1.807, 2.05) is 0 Å². The van der Waals surface area contributed by atoms with Crippen LogP contribution in [0.1, 0.15) is 13.8 Å². The van der Waals surface area contributed by atoms with Gasteiger partial charge in [-0.1, -0.05) is 49.6 Å². The molecule has 0 heterocycles. The number of esters is 2. The summed E-state index contributed by atoms with van der Waals surface area (Å²) in [4.78, 5) is 48.2. The minimum atomic E-state index is -0.900. The zero-order valence-corrected chi connectivity index (χ0v) is 21.2. The lowest BCUT2D eigenvalue weighted by atomic mass is 10.3. The van der Waals surface area contributed by atoms with E-state index in [2.05, 4.69) is 24.0 Å². The number of para-hydroxylation sites is 2. The molecule has 38 heavy (non-hydrogen) atoms. The van der Waals surface area contributed by atoms with Crippen LogP contribution in [-0.4, -0.2) is 50.6 Å². The summed E-state index contributed by atoms with van der Waals surface area (Å²) in [6.45, 7) is 9.15. The molecular formula is C26H30N4O8. The summed E-state index contributed by atoms with van der Waals surface area (Å²) < 4.78 is 20.0. The summed E-state index contributed by atoms with van der Waals surface area (Å²) in [6, 6.07) is 17.2. The van der Waals surface area contributed by atoms with Crippen molar-refractivity contribution in [3.63, 3.8) is 0 Å². The van der Waals surface area contributed by atoms with Gasteiger partial charge in [-0.2, -0.15) is 10.2 Å². The highest BCUT2D eigenvalue weighted by atomic mass is 16.6. The second-order valence-electron chi connectivity index (χ2n) is 7.62. The Bertz CT molecular complexity index is 1040. The Morgan fingerprint density at radius 1 is 0.605 bits per heavy atom. The predicted molar refractivity (Wildman–Crippen MR) is 138 cm³/mol. The molecule has 12 nitrogen and oxygen atoms in total. The average Bonchev–Trinajstić information content (AvgIpc) is 2.91. The third-order valence-corrected chi connectivity index (χ3v) is 4.39. The molecule has 0 saturated heterocycles. The SMILES string of the molecule is C=C(C)C(=O)OCCOC(=O)NN(c1ccccc1)N(NC(=O)OCCOC(=O)C(=C)C)c1ccccc1. The van der Waals surface area contributed by atoms with E-state index in [1.54, 1.807) is 60.7 Å². The number of carbonyl (C=O) groups is 4. The summed E-state index contributed by atoms with van der Waals surface area (Å²) in [7, 11) is 0. The average molecular weight is 527 g/mol. The molecule has 0 radical (unpaired) electrons. The number of hydrogen-bond donors (Lipinski definition) is 2. The summed E-state index contributed by atoms with van der Waals surface area (Å²) >= 11 is 0. The molecule has 2 aromatic rings. The standard InChI is InChI=1S/C26H30N4O8/c1-19(2)23(31)35-15-17-37-25(33)27-29(21-11-7-5-8-12-21)30(22-13-9-6-10-14-22)28-26(34)38-18-16-36-24(32)20(3)4/h5-14H,1,3,15-18H2,2,4H3,(H,27,33)(H,28,34). The first-order valence-corrected chi connectivity index (χ1v) is 11.4. The minimum Gasteiger partial charge on any atom is -0.459 e. The number of hydrazine groups is 3. The zero-order valence-electron chi connectivity index (χ0n) is 21.2. The van der Waals surface area contributed by atoms with E-state index in [9.17, 15) is 19.2 Å². The number of carbonyl (C=O) groups excluding carboxylic acids is 4. The van der Waals surface area contributed by atoms with Crippen LogP contribution in [0.3, 0.4) is 0 Å². The molecule has 0 spiro atoms. The maximum atomic E-state index is 12.6. The number of nitrogens with one attached hydrogen (secondary N) is 2. The second-order valence-corrected chi connectivity index (χ2v) is 7.62. The Kier molecular flexibility index (Phi) is 11.7. The molecule has 202 valence electrons. The molecule has 2 rings (SSSR count). The molecule has 12 heteroatoms. The third-order valence-electron chi connectivity index (χ3n) is 4.39. The number of benzene rings is 2. The molecule has 2 aromatic carbocycles. The van der Waals surface area contributed by atoms with Gasteiger partial charge in [0.25, 0.3) is 0 Å². The van der Waals surface area contributed by atoms with Crippen LogP contribution in [-0.2, 0) is 28.5 Å². The van der Waals surface area contributed by atoms with Crippen molar-refractivity contribution < 1.29 is 38.1 Å². The fourth-order valence-electron chi connectivity index (χ4n) is 2.62. The van der Waals surface area contributed by atoms with Crippen molar-refractivity contribution in [3.05, 3.63) is 85.0 Å². The molecule has 0 saturated carbocycles. The van der Waals surface area contributed by atoms with Crippen molar-refractivity contribution in [3.8, 4) is 0 Å². The van der Waals surface area contributed by atoms with Crippen LogP contribution >= 0.6 is 0 Å². The number of hydrogen-bond acceptors (Lipinski definition) is 10. The van der Waals surface area contributed by atoms with E-state index in [4.69, 9.17) is 18.9 Å². The Morgan fingerprint density at radius 2 is 0.921 bits per heavy atom. The Hall–Kier alpha value is -5.00. The highest BCUT2D eigenvalue weighted by Crippen LogP contribution is 2.19. The fraction of sp³-hybridized carbons (Fsp3) is 0.231. The lowest BCUT2D eigenvalue weighted by Gasteiger charge is -2.36. The molecule has 2 N–H and O–H groups in total. The molecule has 0 aromatic heterocycles. The number of nitrogens with zero attached hydrogens (tertiary/aromatic N) is 2. The van der Waals surface area contributed by atoms with Gasteiger partial charge in [-0.3, -0.25) is 0 Å². The number of anilines is 2. The van der Waals surface area contributed by atoms with Gasteiger partial charge < -0.3 is 18.9 Å². The number of rotatable bonds is 13. The van der Waals surface area contributed by atoms with E-state index >= 15 is 0 Å². The van der Waals surface area contributed by atoms with E-state index < -0.39 is 24.1 Å². The first-order valence-electron chi connectivity index (χ1n) is 11.4. The van der Waals surface area contributed by atoms with Crippen LogP contribution in [0.25, 0.3) is 0 Å². The van der Waals surface area contributed by atoms with Crippen LogP contribution in [0.2, 0.25) is 0 Å². The molecule has 0 bridgehead atoms. The Labute approximate surface area is 220 Å². The van der Waals surface area contributed by atoms with Gasteiger partial charge in [-0.05, 0) is 38.1 Å². The van der Waals surface area contributed by atoms with Crippen molar-refractivity contribution in [1.29, 1.82) is 0 Å². The minimum absolute atomic E-state index is 0.173. The van der Waals surface area contributed by atoms with Crippen LogP contribution < -0.4 is 21.1 Å². The zero-order chi connectivity index (χ0) is 27.9. The first kappa shape index (κ1) is 29.2. The van der Waals surface area contributed by atoms with E-state index in [-0.39, 0.29) is 37.6 Å². The molecular weight excluding hydrogens is 496 g/mol. The van der Waals surface area contributed by atoms with Crippen molar-refractivity contribution in [2.45, 2.75) is 13.8 Å². The smallest absolute Gasteiger partial charge is 0.427 e. The first-order chi connectivity index (χ1) is 18.2. The lowest BCUT2D eigenvalue weighted by molar-refractivity contribution is -0.140. The molecule has 2 amide bonds. The largest absolute Gasteiger partial charge is 0.459 e. The monoisotopic (exact) mass is 526 g/mol. The van der Waals surface area contributed by atoms with Crippen molar-refractivity contribution in [1.82, 2.24) is 10.9 Å². The van der Waals surface area contributed by atoms with Gasteiger partial charge in [0.1, 0.15) is 26.4 Å². The Morgan fingerprint density at radius 3 is 1.24 bits per heavy atom. The topological polar surface area (TPSA) is 136 Å². The Balaban J connectivity index is 2.13. The molecule has 0 aliphatic rings. The quantitative estimate of drug-likeness (QED) is 0.131. The lowest BCUT2D eigenvalue weighted by Crippen LogP contribution is -2.61. The maximum Gasteiger partial charge on any atom is 0.427 e. The van der Waals surface area contributed by atoms with E-state index in [0.717, 1.165) is 0 Å². The van der Waals surface area contributed by atoms with Crippen LogP contribution in [0.5, 0.6) is 0 Å². The van der Waals surface area contributed by atoms with Gasteiger partial charge in [0.05, 0.1) is 11.4 Å². The molecule has 0 fully saturated rings. The van der Waals surface area contributed by atoms with Gasteiger partial charge in [0.15, 0.2) is 0 Å². The predicted octanol–water partition coefficient (Wildman–Crippen LogP) is 3.44. The van der Waals surface area contributed by atoms with Crippen LogP contribution in [0, 0.1) is 0 Å². The van der Waals surface area contributed by atoms with E-state index in [1.165, 1.54) is 24.1 Å². The van der Waals surface area contributed by atoms with Gasteiger partial charge in [0.2, 0.25) is 0 Å². The summed E-state index contributed by atoms with van der Waals surface area (Å²) in [5.41, 5.74) is 6.39. The van der Waals surface area contributed by atoms with Crippen molar-refractivity contribution in [2.75, 3.05) is 36.7 Å². The third kappa shape index (κ3) is 9.93. The van der Waals surface area contributed by atoms with Crippen molar-refractivity contribution >= 4 is 35.5 Å². The molecule has 0 aliphatic carbocycles. The number of ether oxygens (including phenoxy) is 4. The summed E-state index contributed by atoms with van der Waals surface area (Å²) in [5, 5.41) is 2.44. The molecule has 0 atom stereocenters. The number of amides is 2. The molecule has 0 unspecified atom stereocenters. The highest BCUT2D eigenvalue weighted by molar-refractivity contribution is 5.87. The normalized spacial score (nSPS) is 9.84. The van der Waals surface area contributed by atoms with Crippen LogP contribution in [0.15, 0.2) is 85.0 Å². The highest BCUT2D eigenvalue weighted by Gasteiger charge is 2.23. The van der Waals surface area contributed by atoms with Gasteiger partial charge in [-0.25, -0.2) is 30.0 Å². The maximum absolute atomic E-state index is 12.6. The fourth-order valence-corrected chi connectivity index (χ4v) is 2.62. The summed E-state index contributed by atoms with van der Waals surface area (Å²) in [6.07, 6.45) is -1.80. The van der Waals surface area contributed by atoms with E-state index in [0.29, 0.717) is 11.4 Å².